The van der Waals surface area contributed by atoms with E-state index in [0.29, 0.717) is 17.3 Å². The molecule has 3 atom stereocenters. The number of fused-ring (bicyclic) bond motifs is 2. The zero-order chi connectivity index (χ0) is 25.5. The van der Waals surface area contributed by atoms with Gasteiger partial charge in [-0.25, -0.2) is 9.97 Å². The maximum absolute atomic E-state index is 13.4. The first kappa shape index (κ1) is 23.5. The first-order valence-corrected chi connectivity index (χ1v) is 13.3. The summed E-state index contributed by atoms with van der Waals surface area (Å²) in [6, 6.07) is 7.75. The van der Waals surface area contributed by atoms with Crippen LogP contribution in [0.2, 0.25) is 0 Å². The summed E-state index contributed by atoms with van der Waals surface area (Å²) in [6.07, 6.45) is 7.24. The van der Waals surface area contributed by atoms with Gasteiger partial charge in [0.15, 0.2) is 5.13 Å². The van der Waals surface area contributed by atoms with Crippen molar-refractivity contribution in [1.29, 1.82) is 0 Å². The molecule has 1 amide bonds. The third-order valence-corrected chi connectivity index (χ3v) is 7.78. The van der Waals surface area contributed by atoms with Gasteiger partial charge in [-0.05, 0) is 44.9 Å². The Hall–Kier alpha value is -3.86. The lowest BCUT2D eigenvalue weighted by Gasteiger charge is -2.38. The van der Waals surface area contributed by atoms with Crippen molar-refractivity contribution in [3.8, 4) is 17.1 Å². The predicted molar refractivity (Wildman–Crippen MR) is 140 cm³/mol. The molecule has 2 fully saturated rings. The monoisotopic (exact) mass is 516 g/mol. The molecule has 11 heteroatoms. The van der Waals surface area contributed by atoms with Gasteiger partial charge in [0.2, 0.25) is 5.88 Å². The quantitative estimate of drug-likeness (QED) is 0.404. The molecule has 0 spiro atoms. The summed E-state index contributed by atoms with van der Waals surface area (Å²) < 4.78 is 7.88. The number of anilines is 2. The Morgan fingerprint density at radius 1 is 1.11 bits per heavy atom. The number of ether oxygens (including phenoxy) is 1. The lowest BCUT2D eigenvalue weighted by atomic mass is 9.98. The van der Waals surface area contributed by atoms with Crippen LogP contribution in [-0.4, -0.2) is 58.9 Å². The summed E-state index contributed by atoms with van der Waals surface area (Å²) in [6.45, 7) is 3.87. The standard InChI is InChI=1S/C26H28N8O2S/c1-15-4-9-24(31-30-15)36-20-10-18-6-7-19(11-20)34(18)25(35)17-5-8-23(27-12-17)29-26-28-22(14-37-26)21-13-33(3)32-16(21)2/h4-5,8-9,12-14,18-20H,6-7,10-11H2,1-3H3,(H,27,28,29)/t18-,19+,20+. The Bertz CT molecular complexity index is 1400. The second-order valence-corrected chi connectivity index (χ2v) is 10.6. The smallest absolute Gasteiger partial charge is 0.255 e. The number of pyridine rings is 1. The van der Waals surface area contributed by atoms with E-state index in [4.69, 9.17) is 4.74 Å². The van der Waals surface area contributed by atoms with Gasteiger partial charge in [-0.1, -0.05) is 0 Å². The Morgan fingerprint density at radius 3 is 2.57 bits per heavy atom. The first-order chi connectivity index (χ1) is 17.9. The largest absolute Gasteiger partial charge is 0.473 e. The highest BCUT2D eigenvalue weighted by atomic mass is 32.1. The molecular weight excluding hydrogens is 488 g/mol. The summed E-state index contributed by atoms with van der Waals surface area (Å²) in [5, 5.41) is 18.6. The number of aromatic nitrogens is 6. The number of hydrogen-bond acceptors (Lipinski definition) is 9. The number of hydrogen-bond donors (Lipinski definition) is 1. The van der Waals surface area contributed by atoms with Crippen LogP contribution in [0.5, 0.6) is 5.88 Å². The van der Waals surface area contributed by atoms with Crippen molar-refractivity contribution in [1.82, 2.24) is 34.8 Å². The average Bonchev–Trinajstić information content (AvgIpc) is 3.56. The molecule has 4 aromatic rings. The zero-order valence-corrected chi connectivity index (χ0v) is 21.8. The minimum absolute atomic E-state index is 0.0312. The molecule has 2 saturated heterocycles. The van der Waals surface area contributed by atoms with E-state index in [1.54, 1.807) is 10.9 Å². The molecule has 6 heterocycles. The Morgan fingerprint density at radius 2 is 1.92 bits per heavy atom. The molecule has 6 rings (SSSR count). The molecule has 37 heavy (non-hydrogen) atoms. The molecule has 0 saturated carbocycles. The third kappa shape index (κ3) is 4.78. The van der Waals surface area contributed by atoms with Crippen molar-refractivity contribution >= 4 is 28.2 Å². The Kier molecular flexibility index (Phi) is 6.07. The zero-order valence-electron chi connectivity index (χ0n) is 21.0. The second kappa shape index (κ2) is 9.55. The SMILES string of the molecule is Cc1ccc(O[C@H]2C[C@H]3CC[C@@H](C2)N3C(=O)c2ccc(Nc3nc(-c4cn(C)nc4C)cs3)nc2)nn1. The maximum Gasteiger partial charge on any atom is 0.255 e. The molecule has 190 valence electrons. The van der Waals surface area contributed by atoms with Crippen LogP contribution in [0.3, 0.4) is 0 Å². The van der Waals surface area contributed by atoms with Gasteiger partial charge in [0, 0.05) is 61.4 Å². The van der Waals surface area contributed by atoms with Crippen molar-refractivity contribution in [3.05, 3.63) is 59.0 Å². The van der Waals surface area contributed by atoms with E-state index < -0.39 is 0 Å². The number of amides is 1. The number of carbonyl (C=O) groups is 1. The van der Waals surface area contributed by atoms with Gasteiger partial charge in [-0.15, -0.1) is 16.4 Å². The minimum atomic E-state index is 0.0312. The van der Waals surface area contributed by atoms with Crippen molar-refractivity contribution in [3.63, 3.8) is 0 Å². The Balaban J connectivity index is 1.09. The van der Waals surface area contributed by atoms with E-state index >= 15 is 0 Å². The van der Waals surface area contributed by atoms with Gasteiger partial charge in [-0.2, -0.15) is 10.2 Å². The maximum atomic E-state index is 13.4. The molecule has 2 bridgehead atoms. The number of aryl methyl sites for hydroxylation is 3. The summed E-state index contributed by atoms with van der Waals surface area (Å²) in [5.41, 5.74) is 4.28. The van der Waals surface area contributed by atoms with Gasteiger partial charge in [-0.3, -0.25) is 9.48 Å². The molecule has 0 aromatic carbocycles. The normalized spacial score (nSPS) is 20.7. The minimum Gasteiger partial charge on any atom is -0.473 e. The number of thiazole rings is 1. The van der Waals surface area contributed by atoms with Crippen molar-refractivity contribution in [2.75, 3.05) is 5.32 Å². The van der Waals surface area contributed by atoms with Crippen LogP contribution in [0.15, 0.2) is 42.0 Å². The van der Waals surface area contributed by atoms with E-state index in [-0.39, 0.29) is 24.1 Å². The summed E-state index contributed by atoms with van der Waals surface area (Å²) in [4.78, 5) is 24.6. The number of rotatable bonds is 6. The van der Waals surface area contributed by atoms with Crippen LogP contribution in [0, 0.1) is 13.8 Å². The van der Waals surface area contributed by atoms with Crippen molar-refractivity contribution < 1.29 is 9.53 Å². The van der Waals surface area contributed by atoms with Gasteiger partial charge < -0.3 is 15.0 Å². The van der Waals surface area contributed by atoms with Crippen molar-refractivity contribution in [2.45, 2.75) is 57.7 Å². The lowest BCUT2D eigenvalue weighted by Crippen LogP contribution is -2.49. The van der Waals surface area contributed by atoms with E-state index in [1.165, 1.54) is 11.3 Å². The molecule has 0 unspecified atom stereocenters. The number of nitrogens with one attached hydrogen (secondary N) is 1. The summed E-state index contributed by atoms with van der Waals surface area (Å²) >= 11 is 1.51. The molecule has 1 N–H and O–H groups in total. The molecule has 4 aromatic heterocycles. The van der Waals surface area contributed by atoms with Gasteiger partial charge in [0.05, 0.1) is 22.6 Å². The topological polar surface area (TPSA) is 111 Å². The number of piperidine rings is 1. The molecule has 2 aliphatic heterocycles. The highest BCUT2D eigenvalue weighted by molar-refractivity contribution is 7.14. The number of nitrogens with zero attached hydrogens (tertiary/aromatic N) is 7. The fourth-order valence-corrected chi connectivity index (χ4v) is 6.05. The van der Waals surface area contributed by atoms with Gasteiger partial charge in [0.1, 0.15) is 11.9 Å². The van der Waals surface area contributed by atoms with Crippen LogP contribution in [0.1, 0.15) is 47.4 Å². The Labute approximate surface area is 218 Å². The second-order valence-electron chi connectivity index (χ2n) is 9.72. The highest BCUT2D eigenvalue weighted by Crippen LogP contribution is 2.38. The highest BCUT2D eigenvalue weighted by Gasteiger charge is 2.44. The van der Waals surface area contributed by atoms with E-state index in [1.807, 2.05) is 61.6 Å². The summed E-state index contributed by atoms with van der Waals surface area (Å²) in [5.74, 6) is 1.23. The molecule has 0 aliphatic carbocycles. The van der Waals surface area contributed by atoms with E-state index in [0.717, 1.165) is 53.5 Å². The molecular formula is C26H28N8O2S. The molecule has 0 radical (unpaired) electrons. The van der Waals surface area contributed by atoms with Gasteiger partial charge >= 0.3 is 0 Å². The van der Waals surface area contributed by atoms with E-state index in [2.05, 4.69) is 30.6 Å². The lowest BCUT2D eigenvalue weighted by molar-refractivity contribution is 0.0345. The fraction of sp³-hybridized carbons (Fsp3) is 0.385. The predicted octanol–water partition coefficient (Wildman–Crippen LogP) is 4.30. The van der Waals surface area contributed by atoms with Crippen LogP contribution < -0.4 is 10.1 Å². The van der Waals surface area contributed by atoms with E-state index in [9.17, 15) is 4.79 Å². The third-order valence-electron chi connectivity index (χ3n) is 7.02. The van der Waals surface area contributed by atoms with Crippen LogP contribution in [-0.2, 0) is 7.05 Å². The average molecular weight is 517 g/mol. The first-order valence-electron chi connectivity index (χ1n) is 12.4. The van der Waals surface area contributed by atoms with Crippen LogP contribution in [0.4, 0.5) is 10.9 Å². The molecule has 2 aliphatic rings. The fourth-order valence-electron chi connectivity index (χ4n) is 5.33. The van der Waals surface area contributed by atoms with Gasteiger partial charge in [0.25, 0.3) is 5.91 Å². The number of carbonyl (C=O) groups excluding carboxylic acids is 1. The molecule has 10 nitrogen and oxygen atoms in total. The van der Waals surface area contributed by atoms with Crippen LogP contribution in [0.25, 0.3) is 11.3 Å². The van der Waals surface area contributed by atoms with Crippen LogP contribution >= 0.6 is 11.3 Å². The van der Waals surface area contributed by atoms with Crippen molar-refractivity contribution in [2.24, 2.45) is 7.05 Å². The summed E-state index contributed by atoms with van der Waals surface area (Å²) in [7, 11) is 1.90.